The average molecular weight is 76.1 g/mol. The van der Waals surface area contributed by atoms with Crippen LogP contribution in [0, 0.1) is 0 Å². The molecule has 0 radical (unpaired) electrons. The van der Waals surface area contributed by atoms with Crippen molar-refractivity contribution >= 4 is 0 Å². The molecular formula is C3H10NO+. The van der Waals surface area contributed by atoms with Gasteiger partial charge in [0.25, 0.3) is 0 Å². The van der Waals surface area contributed by atoms with Gasteiger partial charge in [-0.2, -0.15) is 0 Å². The molecule has 32 valence electrons. The van der Waals surface area contributed by atoms with E-state index in [0.29, 0.717) is 0 Å². The topological polar surface area (TPSA) is 36.9 Å². The predicted octanol–water partition coefficient (Wildman–Crippen LogP) is -0.430. The third-order valence-corrected chi connectivity index (χ3v) is 0.348. The summed E-state index contributed by atoms with van der Waals surface area (Å²) in [5.74, 6) is 3.18. The van der Waals surface area contributed by atoms with Gasteiger partial charge in [0, 0.05) is 0 Å². The highest BCUT2D eigenvalue weighted by Gasteiger charge is 1.70. The summed E-state index contributed by atoms with van der Waals surface area (Å²) in [5.41, 5.74) is 0. The molecule has 0 rings (SSSR count). The minimum Gasteiger partial charge on any atom is -0.213 e. The van der Waals surface area contributed by atoms with Gasteiger partial charge in [-0.25, -0.2) is 10.7 Å². The van der Waals surface area contributed by atoms with Crippen LogP contribution in [0.1, 0.15) is 13.3 Å². The van der Waals surface area contributed by atoms with E-state index in [1.807, 2.05) is 6.92 Å². The lowest BCUT2D eigenvalue weighted by atomic mass is 10.5. The van der Waals surface area contributed by atoms with E-state index < -0.39 is 0 Å². The summed E-state index contributed by atoms with van der Waals surface area (Å²) in [6.07, 6.45) is 1.06. The van der Waals surface area contributed by atoms with Crippen LogP contribution in [0.4, 0.5) is 0 Å². The van der Waals surface area contributed by atoms with Gasteiger partial charge in [-0.15, -0.1) is 0 Å². The van der Waals surface area contributed by atoms with Gasteiger partial charge in [0.1, 0.15) is 6.61 Å². The van der Waals surface area contributed by atoms with Gasteiger partial charge >= 0.3 is 0 Å². The Hall–Kier alpha value is -0.0800. The molecule has 2 nitrogen and oxygen atoms in total. The molecule has 0 aliphatic carbocycles. The summed E-state index contributed by atoms with van der Waals surface area (Å²) in [6, 6.07) is 0. The van der Waals surface area contributed by atoms with Gasteiger partial charge in [0.2, 0.25) is 0 Å². The fraction of sp³-hybridized carbons (Fsp3) is 1.00. The molecule has 0 atom stereocenters. The zero-order valence-corrected chi connectivity index (χ0v) is 3.53. The third-order valence-electron chi connectivity index (χ3n) is 0.348. The van der Waals surface area contributed by atoms with Crippen LogP contribution in [-0.4, -0.2) is 6.61 Å². The second kappa shape index (κ2) is 3.92. The normalized spacial score (nSPS) is 8.40. The van der Waals surface area contributed by atoms with Crippen molar-refractivity contribution in [3.8, 4) is 0 Å². The van der Waals surface area contributed by atoms with Crippen LogP contribution in [0.25, 0.3) is 0 Å². The van der Waals surface area contributed by atoms with Crippen molar-refractivity contribution in [1.82, 2.24) is 0 Å². The van der Waals surface area contributed by atoms with Crippen LogP contribution in [0.15, 0.2) is 0 Å². The Labute approximate surface area is 31.9 Å². The molecule has 0 unspecified atom stereocenters. The summed E-state index contributed by atoms with van der Waals surface area (Å²) in [4.78, 5) is 4.44. The Bertz CT molecular complexity index is 14.4. The maximum Gasteiger partial charge on any atom is 0.106 e. The standard InChI is InChI=1S/C3H10NO/c1-2-3-5-4/h2-3H2,1,4H3/q+1. The lowest BCUT2D eigenvalue weighted by Crippen LogP contribution is -2.48. The van der Waals surface area contributed by atoms with Gasteiger partial charge in [-0.3, -0.25) is 0 Å². The Morgan fingerprint density at radius 3 is 2.40 bits per heavy atom. The molecule has 5 heavy (non-hydrogen) atoms. The molecule has 0 spiro atoms. The fourth-order valence-electron chi connectivity index (χ4n) is 0.144. The molecule has 0 heterocycles. The highest BCUT2D eigenvalue weighted by molar-refractivity contribution is 4.12. The van der Waals surface area contributed by atoms with Gasteiger partial charge in [0.05, 0.1) is 0 Å². The zero-order valence-electron chi connectivity index (χ0n) is 3.53. The van der Waals surface area contributed by atoms with Crippen LogP contribution >= 0.6 is 0 Å². The van der Waals surface area contributed by atoms with Crippen LogP contribution in [0.2, 0.25) is 0 Å². The molecule has 0 saturated heterocycles. The van der Waals surface area contributed by atoms with Gasteiger partial charge in [0.15, 0.2) is 0 Å². The maximum absolute atomic E-state index is 4.44. The van der Waals surface area contributed by atoms with Crippen molar-refractivity contribution in [2.24, 2.45) is 0 Å². The van der Waals surface area contributed by atoms with E-state index in [4.69, 9.17) is 0 Å². The Balaban J connectivity index is 2.19. The first kappa shape index (κ1) is 4.92. The Morgan fingerprint density at radius 2 is 2.40 bits per heavy atom. The number of hydrogen-bond acceptors (Lipinski definition) is 1. The molecule has 2 heteroatoms. The van der Waals surface area contributed by atoms with Crippen molar-refractivity contribution in [3.05, 3.63) is 0 Å². The first-order chi connectivity index (χ1) is 2.41. The molecule has 3 N–H and O–H groups in total. The molecule has 0 aromatic carbocycles. The quantitative estimate of drug-likeness (QED) is 0.445. The lowest BCUT2D eigenvalue weighted by molar-refractivity contribution is -0.689. The smallest absolute Gasteiger partial charge is 0.106 e. The summed E-state index contributed by atoms with van der Waals surface area (Å²) in [7, 11) is 0. The number of rotatable bonds is 2. The molecule has 0 aromatic heterocycles. The van der Waals surface area contributed by atoms with Crippen LogP contribution in [0.5, 0.6) is 0 Å². The van der Waals surface area contributed by atoms with E-state index in [1.54, 1.807) is 0 Å². The van der Waals surface area contributed by atoms with Crippen molar-refractivity contribution in [3.63, 3.8) is 0 Å². The molecule has 0 bridgehead atoms. The molecule has 0 saturated carbocycles. The van der Waals surface area contributed by atoms with Crippen molar-refractivity contribution in [1.29, 1.82) is 0 Å². The van der Waals surface area contributed by atoms with E-state index in [2.05, 4.69) is 10.7 Å². The van der Waals surface area contributed by atoms with Crippen LogP contribution in [0.3, 0.4) is 0 Å². The minimum absolute atomic E-state index is 0.778. The van der Waals surface area contributed by atoms with Gasteiger partial charge < -0.3 is 0 Å². The first-order valence-corrected chi connectivity index (χ1v) is 1.78. The lowest BCUT2D eigenvalue weighted by Gasteiger charge is -1.79. The average Bonchev–Trinajstić information content (AvgIpc) is 1.41. The summed E-state index contributed by atoms with van der Waals surface area (Å²) in [6.45, 7) is 2.82. The molecule has 0 aliphatic heterocycles. The van der Waals surface area contributed by atoms with E-state index in [9.17, 15) is 0 Å². The molecule has 0 aromatic rings. The molecule has 0 aliphatic rings. The Kier molecular flexibility index (Phi) is 3.86. The van der Waals surface area contributed by atoms with Gasteiger partial charge in [-0.05, 0) is 6.42 Å². The van der Waals surface area contributed by atoms with Crippen molar-refractivity contribution in [2.75, 3.05) is 6.61 Å². The summed E-state index contributed by atoms with van der Waals surface area (Å²) >= 11 is 0. The first-order valence-electron chi connectivity index (χ1n) is 1.78. The second-order valence-electron chi connectivity index (χ2n) is 0.908. The predicted molar refractivity (Wildman–Crippen MR) is 19.1 cm³/mol. The minimum atomic E-state index is 0.778. The monoisotopic (exact) mass is 76.1 g/mol. The number of quaternary nitrogens is 1. The summed E-state index contributed by atoms with van der Waals surface area (Å²) in [5, 5.41) is 0. The molecular weight excluding hydrogens is 66.0 g/mol. The van der Waals surface area contributed by atoms with Crippen LogP contribution < -0.4 is 5.90 Å². The van der Waals surface area contributed by atoms with Crippen molar-refractivity contribution < 1.29 is 10.7 Å². The molecule has 0 fully saturated rings. The Morgan fingerprint density at radius 1 is 1.80 bits per heavy atom. The van der Waals surface area contributed by atoms with Gasteiger partial charge in [-0.1, -0.05) is 6.92 Å². The second-order valence-corrected chi connectivity index (χ2v) is 0.908. The highest BCUT2D eigenvalue weighted by atomic mass is 16.6. The summed E-state index contributed by atoms with van der Waals surface area (Å²) < 4.78 is 0. The SMILES string of the molecule is CCCO[NH3+]. The highest BCUT2D eigenvalue weighted by Crippen LogP contribution is 1.66. The molecule has 0 amide bonds. The van der Waals surface area contributed by atoms with Crippen LogP contribution in [-0.2, 0) is 4.84 Å². The van der Waals surface area contributed by atoms with E-state index in [1.165, 1.54) is 0 Å². The zero-order chi connectivity index (χ0) is 4.12. The third kappa shape index (κ3) is 3.92. The number of hydrogen-bond donors (Lipinski definition) is 1. The van der Waals surface area contributed by atoms with E-state index in [0.717, 1.165) is 13.0 Å². The van der Waals surface area contributed by atoms with Crippen molar-refractivity contribution in [2.45, 2.75) is 13.3 Å². The van der Waals surface area contributed by atoms with E-state index >= 15 is 0 Å². The largest absolute Gasteiger partial charge is 0.213 e. The van der Waals surface area contributed by atoms with E-state index in [-0.39, 0.29) is 0 Å². The maximum atomic E-state index is 4.44. The fourth-order valence-corrected chi connectivity index (χ4v) is 0.144.